The summed E-state index contributed by atoms with van der Waals surface area (Å²) in [5.74, 6) is 0.986. The summed E-state index contributed by atoms with van der Waals surface area (Å²) in [5.41, 5.74) is 2.79. The van der Waals surface area contributed by atoms with Gasteiger partial charge in [0, 0.05) is 0 Å². The second-order valence-electron chi connectivity index (χ2n) is 4.74. The van der Waals surface area contributed by atoms with E-state index in [0.717, 1.165) is 44.7 Å². The van der Waals surface area contributed by atoms with Crippen molar-refractivity contribution in [2.24, 2.45) is 0 Å². The fraction of sp³-hybridized carbons (Fsp3) is 0.500. The number of unbranched alkanes of at least 4 members (excludes halogenated alkanes) is 1. The molecule has 1 aromatic rings. The van der Waals surface area contributed by atoms with E-state index in [-0.39, 0.29) is 0 Å². The molecule has 0 unspecified atom stereocenters. The van der Waals surface area contributed by atoms with Crippen LogP contribution < -0.4 is 10.1 Å². The molecule has 1 aliphatic heterocycles. The van der Waals surface area contributed by atoms with Crippen LogP contribution in [0.4, 0.5) is 0 Å². The Kier molecular flexibility index (Phi) is 5.28. The Balaban J connectivity index is 1.96. The highest BCUT2D eigenvalue weighted by molar-refractivity contribution is 5.66. The molecule has 1 N–H and O–H groups in total. The minimum absolute atomic E-state index is 0.822. The molecule has 0 aliphatic carbocycles. The molecule has 0 atom stereocenters. The van der Waals surface area contributed by atoms with Crippen molar-refractivity contribution in [3.05, 3.63) is 35.9 Å². The standard InChI is InChI=1S/C16H23NO/c1-2-3-13-18-16-8-6-15(7-9-16)14-5-4-11-17-12-10-14/h5-9,17H,2-4,10-13H2,1H3. The fourth-order valence-corrected chi connectivity index (χ4v) is 2.16. The minimum atomic E-state index is 0.822. The maximum absolute atomic E-state index is 5.68. The van der Waals surface area contributed by atoms with Gasteiger partial charge in [-0.15, -0.1) is 0 Å². The zero-order valence-electron chi connectivity index (χ0n) is 11.2. The van der Waals surface area contributed by atoms with Crippen LogP contribution in [0.2, 0.25) is 0 Å². The number of hydrogen-bond acceptors (Lipinski definition) is 2. The Morgan fingerprint density at radius 1 is 1.17 bits per heavy atom. The van der Waals surface area contributed by atoms with Gasteiger partial charge in [0.2, 0.25) is 0 Å². The molecule has 1 aliphatic rings. The van der Waals surface area contributed by atoms with E-state index in [1.165, 1.54) is 17.6 Å². The molecule has 0 radical (unpaired) electrons. The maximum atomic E-state index is 5.68. The zero-order valence-corrected chi connectivity index (χ0v) is 11.2. The number of rotatable bonds is 5. The van der Waals surface area contributed by atoms with Gasteiger partial charge in [-0.3, -0.25) is 0 Å². The Hall–Kier alpha value is -1.28. The van der Waals surface area contributed by atoms with Gasteiger partial charge in [-0.05, 0) is 55.6 Å². The Labute approximate surface area is 110 Å². The van der Waals surface area contributed by atoms with Gasteiger partial charge in [0.05, 0.1) is 6.61 Å². The van der Waals surface area contributed by atoms with Gasteiger partial charge in [-0.1, -0.05) is 31.6 Å². The molecule has 0 amide bonds. The van der Waals surface area contributed by atoms with Gasteiger partial charge in [-0.2, -0.15) is 0 Å². The monoisotopic (exact) mass is 245 g/mol. The first-order chi connectivity index (χ1) is 8.90. The number of nitrogens with one attached hydrogen (secondary N) is 1. The summed E-state index contributed by atoms with van der Waals surface area (Å²) >= 11 is 0. The highest BCUT2D eigenvalue weighted by Gasteiger charge is 2.05. The normalized spacial score (nSPS) is 15.9. The minimum Gasteiger partial charge on any atom is -0.494 e. The van der Waals surface area contributed by atoms with Crippen molar-refractivity contribution >= 4 is 5.57 Å². The highest BCUT2D eigenvalue weighted by atomic mass is 16.5. The molecule has 1 heterocycles. The van der Waals surface area contributed by atoms with Gasteiger partial charge in [0.1, 0.15) is 5.75 Å². The Bertz CT molecular complexity index is 381. The molecule has 1 aromatic carbocycles. The quantitative estimate of drug-likeness (QED) is 0.800. The lowest BCUT2D eigenvalue weighted by Crippen LogP contribution is -2.13. The van der Waals surface area contributed by atoms with Crippen LogP contribution >= 0.6 is 0 Å². The van der Waals surface area contributed by atoms with Gasteiger partial charge in [0.15, 0.2) is 0 Å². The van der Waals surface area contributed by atoms with Crippen molar-refractivity contribution < 1.29 is 4.74 Å². The lowest BCUT2D eigenvalue weighted by Gasteiger charge is -2.08. The number of ether oxygens (including phenoxy) is 1. The predicted molar refractivity (Wildman–Crippen MR) is 76.9 cm³/mol. The molecule has 98 valence electrons. The molecule has 2 heteroatoms. The third-order valence-electron chi connectivity index (χ3n) is 3.27. The van der Waals surface area contributed by atoms with Crippen molar-refractivity contribution in [1.29, 1.82) is 0 Å². The van der Waals surface area contributed by atoms with Crippen LogP contribution in [0.15, 0.2) is 30.3 Å². The van der Waals surface area contributed by atoms with E-state index in [0.29, 0.717) is 0 Å². The predicted octanol–water partition coefficient (Wildman–Crippen LogP) is 3.63. The Morgan fingerprint density at radius 3 is 2.78 bits per heavy atom. The molecule has 0 fully saturated rings. The van der Waals surface area contributed by atoms with Gasteiger partial charge < -0.3 is 10.1 Å². The lowest BCUT2D eigenvalue weighted by atomic mass is 10.0. The van der Waals surface area contributed by atoms with Crippen LogP contribution in [0.1, 0.15) is 38.2 Å². The first kappa shape index (κ1) is 13.2. The average molecular weight is 245 g/mol. The molecule has 0 spiro atoms. The second-order valence-corrected chi connectivity index (χ2v) is 4.74. The topological polar surface area (TPSA) is 21.3 Å². The molecule has 2 nitrogen and oxygen atoms in total. The molecule has 0 bridgehead atoms. The smallest absolute Gasteiger partial charge is 0.119 e. The van der Waals surface area contributed by atoms with Crippen molar-refractivity contribution in [1.82, 2.24) is 5.32 Å². The van der Waals surface area contributed by atoms with Crippen molar-refractivity contribution in [2.45, 2.75) is 32.6 Å². The van der Waals surface area contributed by atoms with E-state index in [4.69, 9.17) is 4.74 Å². The van der Waals surface area contributed by atoms with Gasteiger partial charge in [-0.25, -0.2) is 0 Å². The largest absolute Gasteiger partial charge is 0.494 e. The molecule has 2 rings (SSSR count). The van der Waals surface area contributed by atoms with E-state index in [2.05, 4.69) is 42.6 Å². The third kappa shape index (κ3) is 3.88. The first-order valence-corrected chi connectivity index (χ1v) is 7.03. The van der Waals surface area contributed by atoms with Crippen LogP contribution in [-0.4, -0.2) is 19.7 Å². The maximum Gasteiger partial charge on any atom is 0.119 e. The highest BCUT2D eigenvalue weighted by Crippen LogP contribution is 2.22. The summed E-state index contributed by atoms with van der Waals surface area (Å²) in [6, 6.07) is 8.53. The summed E-state index contributed by atoms with van der Waals surface area (Å²) in [6.07, 6.45) is 6.91. The number of benzene rings is 1. The van der Waals surface area contributed by atoms with Crippen LogP contribution in [0.25, 0.3) is 5.57 Å². The fourth-order valence-electron chi connectivity index (χ4n) is 2.16. The molecular formula is C16H23NO. The van der Waals surface area contributed by atoms with Gasteiger partial charge >= 0.3 is 0 Å². The Morgan fingerprint density at radius 2 is 2.00 bits per heavy atom. The third-order valence-corrected chi connectivity index (χ3v) is 3.27. The first-order valence-electron chi connectivity index (χ1n) is 7.03. The van der Waals surface area contributed by atoms with Crippen molar-refractivity contribution in [3.63, 3.8) is 0 Å². The summed E-state index contributed by atoms with van der Waals surface area (Å²) in [4.78, 5) is 0. The van der Waals surface area contributed by atoms with Crippen LogP contribution in [0.3, 0.4) is 0 Å². The molecule has 18 heavy (non-hydrogen) atoms. The van der Waals surface area contributed by atoms with E-state index < -0.39 is 0 Å². The van der Waals surface area contributed by atoms with Gasteiger partial charge in [0.25, 0.3) is 0 Å². The average Bonchev–Trinajstić information content (AvgIpc) is 2.69. The molecule has 0 saturated heterocycles. The van der Waals surface area contributed by atoms with E-state index in [1.54, 1.807) is 0 Å². The molecular weight excluding hydrogens is 222 g/mol. The van der Waals surface area contributed by atoms with Crippen LogP contribution in [0.5, 0.6) is 5.75 Å². The summed E-state index contributed by atoms with van der Waals surface area (Å²) < 4.78 is 5.68. The van der Waals surface area contributed by atoms with E-state index in [9.17, 15) is 0 Å². The SMILES string of the molecule is CCCCOc1ccc(C2=CCCNCC2)cc1. The summed E-state index contributed by atoms with van der Waals surface area (Å²) in [6.45, 7) is 5.18. The van der Waals surface area contributed by atoms with Crippen LogP contribution in [-0.2, 0) is 0 Å². The molecule has 0 aromatic heterocycles. The zero-order chi connectivity index (χ0) is 12.6. The lowest BCUT2D eigenvalue weighted by molar-refractivity contribution is 0.309. The van der Waals surface area contributed by atoms with Crippen molar-refractivity contribution in [2.75, 3.05) is 19.7 Å². The van der Waals surface area contributed by atoms with E-state index >= 15 is 0 Å². The second kappa shape index (κ2) is 7.22. The van der Waals surface area contributed by atoms with Crippen molar-refractivity contribution in [3.8, 4) is 5.75 Å². The summed E-state index contributed by atoms with van der Waals surface area (Å²) in [7, 11) is 0. The van der Waals surface area contributed by atoms with E-state index in [1.807, 2.05) is 0 Å². The van der Waals surface area contributed by atoms with Crippen LogP contribution in [0, 0.1) is 0 Å². The number of hydrogen-bond donors (Lipinski definition) is 1. The summed E-state index contributed by atoms with van der Waals surface area (Å²) in [5, 5.41) is 3.42. The molecule has 0 saturated carbocycles.